The Labute approximate surface area is 124 Å². The van der Waals surface area contributed by atoms with Gasteiger partial charge in [-0.1, -0.05) is 0 Å². The van der Waals surface area contributed by atoms with Crippen LogP contribution in [0, 0.1) is 24.7 Å². The van der Waals surface area contributed by atoms with Gasteiger partial charge in [-0.05, 0) is 74.8 Å². The Kier molecular flexibility index (Phi) is 2.69. The van der Waals surface area contributed by atoms with Crippen molar-refractivity contribution in [1.29, 1.82) is 0 Å². The number of nitrogen functional groups attached to an aromatic ring is 1. The highest BCUT2D eigenvalue weighted by molar-refractivity contribution is 6.28. The van der Waals surface area contributed by atoms with Crippen molar-refractivity contribution in [2.45, 2.75) is 51.0 Å². The lowest BCUT2D eigenvalue weighted by molar-refractivity contribution is 0.0106. The molecule has 4 aliphatic carbocycles. The van der Waals surface area contributed by atoms with E-state index in [9.17, 15) is 0 Å². The van der Waals surface area contributed by atoms with E-state index in [1.165, 1.54) is 38.5 Å². The summed E-state index contributed by atoms with van der Waals surface area (Å²) in [4.78, 5) is 8.45. The number of nitrogens with two attached hydrogens (primary N) is 1. The van der Waals surface area contributed by atoms with E-state index in [1.54, 1.807) is 0 Å². The lowest BCUT2D eigenvalue weighted by atomic mass is 9.53. The van der Waals surface area contributed by atoms with Gasteiger partial charge in [-0.15, -0.1) is 0 Å². The highest BCUT2D eigenvalue weighted by atomic mass is 35.5. The average Bonchev–Trinajstić information content (AvgIpc) is 2.33. The summed E-state index contributed by atoms with van der Waals surface area (Å²) in [7, 11) is 0. The Hall–Kier alpha value is -1.03. The van der Waals surface area contributed by atoms with E-state index in [1.807, 2.05) is 6.92 Å². The zero-order chi connectivity index (χ0) is 13.9. The third-order valence-corrected chi connectivity index (χ3v) is 5.70. The summed E-state index contributed by atoms with van der Waals surface area (Å²) < 4.78 is 0. The summed E-state index contributed by atoms with van der Waals surface area (Å²) in [6, 6.07) is 0. The number of nitrogens with zero attached hydrogens (tertiary/aromatic N) is 2. The van der Waals surface area contributed by atoms with E-state index in [2.05, 4.69) is 15.3 Å². The van der Waals surface area contributed by atoms with E-state index in [0.717, 1.165) is 29.3 Å². The largest absolute Gasteiger partial charge is 0.394 e. The molecule has 5 heteroatoms. The van der Waals surface area contributed by atoms with Crippen LogP contribution in [0.4, 0.5) is 11.5 Å². The fourth-order valence-corrected chi connectivity index (χ4v) is 5.37. The molecular weight excluding hydrogens is 272 g/mol. The molecule has 1 aromatic rings. The molecule has 0 aromatic carbocycles. The maximum atomic E-state index is 6.13. The third kappa shape index (κ3) is 1.96. The van der Waals surface area contributed by atoms with Crippen LogP contribution in [-0.2, 0) is 0 Å². The molecule has 5 rings (SSSR count). The van der Waals surface area contributed by atoms with Gasteiger partial charge in [0.2, 0.25) is 5.28 Å². The van der Waals surface area contributed by atoms with Crippen LogP contribution >= 0.6 is 11.6 Å². The van der Waals surface area contributed by atoms with Crippen LogP contribution < -0.4 is 11.1 Å². The standard InChI is InChI=1S/C15H21ClN4/c1-8-12(17)13(19-14(16)18-8)20-15-5-9-2-10(6-15)4-11(3-9)7-15/h9-11H,2-7,17H2,1H3,(H,18,19,20). The molecule has 4 bridgehead atoms. The van der Waals surface area contributed by atoms with E-state index < -0.39 is 0 Å². The van der Waals surface area contributed by atoms with Crippen LogP contribution in [0.25, 0.3) is 0 Å². The third-order valence-electron chi connectivity index (χ3n) is 5.53. The van der Waals surface area contributed by atoms with Crippen molar-refractivity contribution in [3.63, 3.8) is 0 Å². The number of nitrogens with one attached hydrogen (secondary N) is 1. The van der Waals surface area contributed by atoms with Crippen molar-refractivity contribution < 1.29 is 0 Å². The zero-order valence-corrected chi connectivity index (χ0v) is 12.6. The minimum absolute atomic E-state index is 0.201. The summed E-state index contributed by atoms with van der Waals surface area (Å²) in [6.45, 7) is 1.88. The first kappa shape index (κ1) is 12.7. The van der Waals surface area contributed by atoms with Gasteiger partial charge < -0.3 is 11.1 Å². The zero-order valence-electron chi connectivity index (χ0n) is 11.8. The van der Waals surface area contributed by atoms with Crippen LogP contribution in [0.15, 0.2) is 0 Å². The Bertz CT molecular complexity index is 522. The van der Waals surface area contributed by atoms with Crippen molar-refractivity contribution in [3.8, 4) is 0 Å². The normalized spacial score (nSPS) is 38.2. The van der Waals surface area contributed by atoms with Crippen molar-refractivity contribution in [1.82, 2.24) is 9.97 Å². The average molecular weight is 293 g/mol. The Balaban J connectivity index is 1.66. The van der Waals surface area contributed by atoms with Crippen LogP contribution in [0.1, 0.15) is 44.2 Å². The molecule has 1 heterocycles. The Morgan fingerprint density at radius 1 is 1.10 bits per heavy atom. The number of aromatic nitrogens is 2. The lowest BCUT2D eigenvalue weighted by Gasteiger charge is -2.57. The first-order valence-electron chi connectivity index (χ1n) is 7.61. The van der Waals surface area contributed by atoms with Crippen molar-refractivity contribution in [2.75, 3.05) is 11.1 Å². The number of anilines is 2. The monoisotopic (exact) mass is 292 g/mol. The van der Waals surface area contributed by atoms with E-state index in [0.29, 0.717) is 5.69 Å². The number of hydrogen-bond acceptors (Lipinski definition) is 4. The molecule has 0 radical (unpaired) electrons. The van der Waals surface area contributed by atoms with E-state index >= 15 is 0 Å². The van der Waals surface area contributed by atoms with Gasteiger partial charge in [0.1, 0.15) is 0 Å². The summed E-state index contributed by atoms with van der Waals surface area (Å²) in [5.74, 6) is 3.43. The highest BCUT2D eigenvalue weighted by Crippen LogP contribution is 2.56. The summed E-state index contributed by atoms with van der Waals surface area (Å²) in [5.41, 5.74) is 7.74. The lowest BCUT2D eigenvalue weighted by Crippen LogP contribution is -2.55. The van der Waals surface area contributed by atoms with Crippen LogP contribution in [0.3, 0.4) is 0 Å². The van der Waals surface area contributed by atoms with Gasteiger partial charge in [-0.25, -0.2) is 4.98 Å². The minimum atomic E-state index is 0.201. The van der Waals surface area contributed by atoms with E-state index in [-0.39, 0.29) is 10.8 Å². The fourth-order valence-electron chi connectivity index (χ4n) is 5.16. The predicted molar refractivity (Wildman–Crippen MR) is 80.7 cm³/mol. The van der Waals surface area contributed by atoms with Crippen LogP contribution in [0.5, 0.6) is 0 Å². The van der Waals surface area contributed by atoms with Gasteiger partial charge in [0.25, 0.3) is 0 Å². The molecule has 4 nitrogen and oxygen atoms in total. The van der Waals surface area contributed by atoms with Gasteiger partial charge in [0, 0.05) is 5.54 Å². The molecule has 4 fully saturated rings. The molecule has 0 aliphatic heterocycles. The summed E-state index contributed by atoms with van der Waals surface area (Å²) >= 11 is 5.99. The summed E-state index contributed by atoms with van der Waals surface area (Å²) in [6.07, 6.45) is 8.08. The Morgan fingerprint density at radius 2 is 1.65 bits per heavy atom. The molecule has 4 saturated carbocycles. The molecule has 0 unspecified atom stereocenters. The molecule has 3 N–H and O–H groups in total. The van der Waals surface area contributed by atoms with Gasteiger partial charge in [0.05, 0.1) is 11.4 Å². The molecule has 20 heavy (non-hydrogen) atoms. The Morgan fingerprint density at radius 3 is 2.20 bits per heavy atom. The van der Waals surface area contributed by atoms with Crippen molar-refractivity contribution >= 4 is 23.1 Å². The van der Waals surface area contributed by atoms with Gasteiger partial charge in [0.15, 0.2) is 5.82 Å². The quantitative estimate of drug-likeness (QED) is 0.820. The van der Waals surface area contributed by atoms with Crippen molar-refractivity contribution in [2.24, 2.45) is 17.8 Å². The van der Waals surface area contributed by atoms with Crippen molar-refractivity contribution in [3.05, 3.63) is 11.0 Å². The topological polar surface area (TPSA) is 63.8 Å². The van der Waals surface area contributed by atoms with Gasteiger partial charge in [-0.2, -0.15) is 4.98 Å². The molecule has 4 aliphatic rings. The minimum Gasteiger partial charge on any atom is -0.394 e. The number of halogens is 1. The smallest absolute Gasteiger partial charge is 0.224 e. The van der Waals surface area contributed by atoms with Crippen LogP contribution in [-0.4, -0.2) is 15.5 Å². The highest BCUT2D eigenvalue weighted by Gasteiger charge is 2.51. The number of hydrogen-bond donors (Lipinski definition) is 2. The SMILES string of the molecule is Cc1nc(Cl)nc(NC23CC4CC(CC(C4)C2)C3)c1N. The van der Waals surface area contributed by atoms with Gasteiger partial charge in [-0.3, -0.25) is 0 Å². The second kappa shape index (κ2) is 4.23. The molecule has 0 saturated heterocycles. The fraction of sp³-hybridized carbons (Fsp3) is 0.733. The van der Waals surface area contributed by atoms with E-state index in [4.69, 9.17) is 17.3 Å². The summed E-state index contributed by atoms with van der Waals surface area (Å²) in [5, 5.41) is 3.96. The molecule has 1 aromatic heterocycles. The molecule has 0 spiro atoms. The van der Waals surface area contributed by atoms with Gasteiger partial charge >= 0.3 is 0 Å². The molecule has 108 valence electrons. The predicted octanol–water partition coefficient (Wildman–Crippen LogP) is 3.40. The first-order chi connectivity index (χ1) is 9.53. The first-order valence-corrected chi connectivity index (χ1v) is 7.98. The molecule has 0 amide bonds. The molecular formula is C15H21ClN4. The second-order valence-electron chi connectivity index (χ2n) is 7.16. The van der Waals surface area contributed by atoms with Crippen LogP contribution in [0.2, 0.25) is 5.28 Å². The number of aryl methyl sites for hydroxylation is 1. The maximum absolute atomic E-state index is 6.13. The number of rotatable bonds is 2. The maximum Gasteiger partial charge on any atom is 0.224 e. The molecule has 0 atom stereocenters. The second-order valence-corrected chi connectivity index (χ2v) is 7.50.